The summed E-state index contributed by atoms with van der Waals surface area (Å²) >= 11 is 6.51. The molecule has 2 unspecified atom stereocenters. The predicted octanol–water partition coefficient (Wildman–Crippen LogP) is 5.91. The minimum atomic E-state index is -0.960. The van der Waals surface area contributed by atoms with E-state index in [1.165, 1.54) is 19.2 Å². The van der Waals surface area contributed by atoms with E-state index in [-0.39, 0.29) is 28.3 Å². The summed E-state index contributed by atoms with van der Waals surface area (Å²) < 4.78 is 25.8. The van der Waals surface area contributed by atoms with Gasteiger partial charge in [-0.3, -0.25) is 9.59 Å². The third-order valence-electron chi connectivity index (χ3n) is 8.75. The summed E-state index contributed by atoms with van der Waals surface area (Å²) in [5.41, 5.74) is 0.739. The number of halogens is 2. The van der Waals surface area contributed by atoms with Crippen molar-refractivity contribution in [1.82, 2.24) is 25.9 Å². The summed E-state index contributed by atoms with van der Waals surface area (Å²) in [6.07, 6.45) is 0.138. The summed E-state index contributed by atoms with van der Waals surface area (Å²) in [6, 6.07) is 8.47. The first kappa shape index (κ1) is 35.2. The van der Waals surface area contributed by atoms with Gasteiger partial charge in [0.1, 0.15) is 17.7 Å². The second-order valence-corrected chi connectivity index (χ2v) is 13.6. The van der Waals surface area contributed by atoms with Crippen molar-refractivity contribution in [3.05, 3.63) is 64.2 Å². The van der Waals surface area contributed by atoms with Crippen molar-refractivity contribution >= 4 is 40.5 Å². The Morgan fingerprint density at radius 2 is 1.83 bits per heavy atom. The Bertz CT molecular complexity index is 1540. The second-order valence-electron chi connectivity index (χ2n) is 13.2. The number of imidazole rings is 1. The number of benzene rings is 2. The fourth-order valence-electron chi connectivity index (χ4n) is 6.29. The van der Waals surface area contributed by atoms with Crippen LogP contribution in [0.3, 0.4) is 0 Å². The van der Waals surface area contributed by atoms with Crippen LogP contribution in [0.25, 0.3) is 11.0 Å². The molecule has 2 heterocycles. The van der Waals surface area contributed by atoms with Gasteiger partial charge in [-0.2, -0.15) is 0 Å². The lowest BCUT2D eigenvalue weighted by molar-refractivity contribution is -0.137. The Kier molecular flexibility index (Phi) is 11.0. The molecule has 3 amide bonds. The van der Waals surface area contributed by atoms with E-state index in [4.69, 9.17) is 26.1 Å². The molecule has 1 aliphatic rings. The van der Waals surface area contributed by atoms with E-state index in [1.807, 2.05) is 59.7 Å². The van der Waals surface area contributed by atoms with Crippen LogP contribution in [0.15, 0.2) is 36.4 Å². The van der Waals surface area contributed by atoms with Gasteiger partial charge < -0.3 is 30.4 Å². The highest BCUT2D eigenvalue weighted by atomic mass is 35.5. The van der Waals surface area contributed by atoms with Gasteiger partial charge in [-0.25, -0.2) is 14.2 Å². The molecule has 4 N–H and O–H groups in total. The number of hydrogen-bond donors (Lipinski definition) is 4. The molecular formula is C34H45ClFN5O5. The van der Waals surface area contributed by atoms with Crippen LogP contribution >= 0.6 is 11.6 Å². The van der Waals surface area contributed by atoms with E-state index >= 15 is 4.39 Å². The fraction of sp³-hybridized carbons (Fsp3) is 0.529. The number of methoxy groups -OCH3 is 1. The smallest absolute Gasteiger partial charge is 0.407 e. The molecule has 250 valence electrons. The zero-order chi connectivity index (χ0) is 33.8. The van der Waals surface area contributed by atoms with E-state index in [1.54, 1.807) is 6.07 Å². The van der Waals surface area contributed by atoms with Gasteiger partial charge in [-0.05, 0) is 60.9 Å². The number of nitrogens with zero attached hydrogens (tertiary/aromatic N) is 1. The molecular weight excluding hydrogens is 613 g/mol. The number of H-pyrrole nitrogens is 1. The molecule has 0 saturated carbocycles. The van der Waals surface area contributed by atoms with Gasteiger partial charge in [-0.15, -0.1) is 0 Å². The van der Waals surface area contributed by atoms with Gasteiger partial charge in [0, 0.05) is 36.3 Å². The van der Waals surface area contributed by atoms with E-state index < -0.39 is 40.7 Å². The van der Waals surface area contributed by atoms with Gasteiger partial charge in [0.25, 0.3) is 0 Å². The van der Waals surface area contributed by atoms with Crippen LogP contribution in [0.2, 0.25) is 5.02 Å². The fourth-order valence-corrected chi connectivity index (χ4v) is 6.58. The molecule has 1 aromatic heterocycles. The Morgan fingerprint density at radius 1 is 1.13 bits per heavy atom. The summed E-state index contributed by atoms with van der Waals surface area (Å²) in [5, 5.41) is 8.98. The number of hydrogen-bond acceptors (Lipinski definition) is 6. The summed E-state index contributed by atoms with van der Waals surface area (Å²) in [7, 11) is 1.26. The molecule has 0 radical (unpaired) electrons. The SMILES string of the molecule is CCNC(=O)[C@H](NC(=O)C1(c2ccc3nc(C(NC(=O)OC)C(c4c(F)cccc4Cl)C(C)C)[nH]c3c2)CCOCC1)C(C)(C)C. The number of amides is 3. The number of nitrogens with one attached hydrogen (secondary N) is 4. The van der Waals surface area contributed by atoms with Gasteiger partial charge in [-0.1, -0.05) is 58.4 Å². The van der Waals surface area contributed by atoms with Crippen molar-refractivity contribution in [1.29, 1.82) is 0 Å². The lowest BCUT2D eigenvalue weighted by Gasteiger charge is -2.39. The molecule has 3 atom stereocenters. The maximum atomic E-state index is 15.3. The average Bonchev–Trinajstić information content (AvgIpc) is 3.43. The van der Waals surface area contributed by atoms with Crippen molar-refractivity contribution in [2.24, 2.45) is 11.3 Å². The number of carbonyl (C=O) groups is 3. The molecule has 1 aliphatic heterocycles. The maximum absolute atomic E-state index is 15.3. The van der Waals surface area contributed by atoms with E-state index in [0.717, 1.165) is 5.56 Å². The van der Waals surface area contributed by atoms with Crippen LogP contribution in [0, 0.1) is 17.2 Å². The molecule has 12 heteroatoms. The minimum absolute atomic E-state index is 0.171. The molecule has 0 spiro atoms. The van der Waals surface area contributed by atoms with E-state index in [9.17, 15) is 14.4 Å². The maximum Gasteiger partial charge on any atom is 0.407 e. The number of alkyl carbamates (subject to hydrolysis) is 1. The number of ether oxygens (including phenoxy) is 2. The molecule has 1 fully saturated rings. The Balaban J connectivity index is 1.79. The van der Waals surface area contributed by atoms with Crippen molar-refractivity contribution in [3.63, 3.8) is 0 Å². The highest BCUT2D eigenvalue weighted by Gasteiger charge is 2.45. The second kappa shape index (κ2) is 14.4. The predicted molar refractivity (Wildman–Crippen MR) is 175 cm³/mol. The topological polar surface area (TPSA) is 134 Å². The van der Waals surface area contributed by atoms with Crippen molar-refractivity contribution in [2.45, 2.75) is 77.8 Å². The van der Waals surface area contributed by atoms with Crippen LogP contribution in [-0.4, -0.2) is 60.8 Å². The normalized spacial score (nSPS) is 16.8. The molecule has 0 bridgehead atoms. The zero-order valence-corrected chi connectivity index (χ0v) is 28.3. The Labute approximate surface area is 274 Å². The van der Waals surface area contributed by atoms with Gasteiger partial charge in [0.05, 0.1) is 29.6 Å². The summed E-state index contributed by atoms with van der Waals surface area (Å²) in [5.74, 6) is -1.38. The lowest BCUT2D eigenvalue weighted by atomic mass is 9.72. The summed E-state index contributed by atoms with van der Waals surface area (Å²) in [4.78, 5) is 47.9. The first-order valence-corrected chi connectivity index (χ1v) is 16.1. The minimum Gasteiger partial charge on any atom is -0.453 e. The lowest BCUT2D eigenvalue weighted by Crippen LogP contribution is -2.58. The van der Waals surface area contributed by atoms with Gasteiger partial charge in [0.2, 0.25) is 11.8 Å². The molecule has 46 heavy (non-hydrogen) atoms. The number of rotatable bonds is 10. The highest BCUT2D eigenvalue weighted by molar-refractivity contribution is 6.31. The first-order valence-electron chi connectivity index (χ1n) is 15.7. The van der Waals surface area contributed by atoms with Gasteiger partial charge >= 0.3 is 6.09 Å². The molecule has 1 saturated heterocycles. The van der Waals surface area contributed by atoms with Crippen LogP contribution in [0.5, 0.6) is 0 Å². The molecule has 0 aliphatic carbocycles. The summed E-state index contributed by atoms with van der Waals surface area (Å²) in [6.45, 7) is 12.6. The van der Waals surface area contributed by atoms with E-state index in [2.05, 4.69) is 20.9 Å². The Hall–Kier alpha value is -3.70. The molecule has 2 aromatic carbocycles. The number of aromatic amines is 1. The number of carbonyl (C=O) groups excluding carboxylic acids is 3. The third-order valence-corrected chi connectivity index (χ3v) is 9.08. The van der Waals surface area contributed by atoms with E-state index in [0.29, 0.717) is 49.5 Å². The first-order chi connectivity index (χ1) is 21.7. The van der Waals surface area contributed by atoms with Crippen LogP contribution < -0.4 is 16.0 Å². The standard InChI is InChI=1S/C34H45ClFN5O5/c1-8-37-30(42)28(33(4,5)6)41-31(43)34(14-16-46-17-15-34)20-12-13-23-24(18-20)39-29(38-23)27(40-32(44)45-7)25(19(2)3)26-21(35)10-9-11-22(26)36/h9-13,18-19,25,27-28H,8,14-17H2,1-7H3,(H,37,42)(H,38,39)(H,40,44)(H,41,43)/t25?,27?,28-/m0/s1. The number of aromatic nitrogens is 2. The molecule has 10 nitrogen and oxygen atoms in total. The molecule has 4 rings (SSSR count). The average molecular weight is 658 g/mol. The Morgan fingerprint density at radius 3 is 2.41 bits per heavy atom. The number of likely N-dealkylation sites (N-methyl/N-ethyl adjacent to an activating group) is 1. The quantitative estimate of drug-likeness (QED) is 0.214. The van der Waals surface area contributed by atoms with Crippen molar-refractivity contribution < 1.29 is 28.2 Å². The highest BCUT2D eigenvalue weighted by Crippen LogP contribution is 2.42. The third kappa shape index (κ3) is 7.31. The van der Waals surface area contributed by atoms with Crippen LogP contribution in [0.1, 0.15) is 83.3 Å². The number of fused-ring (bicyclic) bond motifs is 1. The van der Waals surface area contributed by atoms with Gasteiger partial charge in [0.15, 0.2) is 0 Å². The monoisotopic (exact) mass is 657 g/mol. The van der Waals surface area contributed by atoms with Crippen molar-refractivity contribution in [3.8, 4) is 0 Å². The molecule has 3 aromatic rings. The largest absolute Gasteiger partial charge is 0.453 e. The zero-order valence-electron chi connectivity index (χ0n) is 27.6. The van der Waals surface area contributed by atoms with Crippen molar-refractivity contribution in [2.75, 3.05) is 26.9 Å². The van der Waals surface area contributed by atoms with Crippen LogP contribution in [0.4, 0.5) is 9.18 Å². The van der Waals surface area contributed by atoms with Crippen LogP contribution in [-0.2, 0) is 24.5 Å².